The highest BCUT2D eigenvalue weighted by molar-refractivity contribution is 5.74. The highest BCUT2D eigenvalue weighted by Crippen LogP contribution is 2.30. The molecule has 14 heteroatoms. The minimum atomic E-state index is -1.78. The van der Waals surface area contributed by atoms with Gasteiger partial charge in [0.05, 0.1) is 0 Å². The Kier molecular flexibility index (Phi) is 11.0. The van der Waals surface area contributed by atoms with Crippen molar-refractivity contribution in [1.29, 1.82) is 0 Å². The molecule has 1 amide bonds. The third-order valence-electron chi connectivity index (χ3n) is 5.59. The first-order valence-corrected chi connectivity index (χ1v) is 10.9. The molecule has 5 N–H and O–H groups in total. The van der Waals surface area contributed by atoms with Gasteiger partial charge in [-0.2, -0.15) is 0 Å². The summed E-state index contributed by atoms with van der Waals surface area (Å²) in [5.74, 6) is -2.59. The van der Waals surface area contributed by atoms with E-state index in [4.69, 9.17) is 28.4 Å². The van der Waals surface area contributed by atoms with Gasteiger partial charge < -0.3 is 54.2 Å². The summed E-state index contributed by atoms with van der Waals surface area (Å²) >= 11 is 0. The lowest BCUT2D eigenvalue weighted by Crippen LogP contribution is -2.68. The maximum absolute atomic E-state index is 11.9. The number of aliphatic hydroxyl groups excluding tert-OH is 3. The van der Waals surface area contributed by atoms with Crippen molar-refractivity contribution < 1.29 is 63.2 Å². The van der Waals surface area contributed by atoms with Crippen LogP contribution in [-0.2, 0) is 42.8 Å². The number of esters is 1. The first-order valence-electron chi connectivity index (χ1n) is 10.9. The minimum absolute atomic E-state index is 0.0612. The highest BCUT2D eigenvalue weighted by atomic mass is 16.7. The highest BCUT2D eigenvalue weighted by Gasteiger charge is 2.53. The topological polar surface area (TPSA) is 200 Å². The number of carboxylic acids is 1. The molecule has 2 aliphatic heterocycles. The molecule has 0 aliphatic carbocycles. The molecule has 0 saturated carbocycles. The van der Waals surface area contributed by atoms with Crippen molar-refractivity contribution in [3.8, 4) is 0 Å². The smallest absolute Gasteiger partial charge is 0.335 e. The van der Waals surface area contributed by atoms with Crippen LogP contribution in [0.5, 0.6) is 0 Å². The van der Waals surface area contributed by atoms with Gasteiger partial charge >= 0.3 is 11.9 Å². The zero-order valence-corrected chi connectivity index (χ0v) is 19.6. The Morgan fingerprint density at radius 3 is 2.23 bits per heavy atom. The fraction of sp³-hybridized carbons (Fsp3) is 0.762. The normalized spacial score (nSPS) is 37.3. The number of carboxylic acid groups (broad SMARTS) is 1. The van der Waals surface area contributed by atoms with E-state index in [9.17, 15) is 34.8 Å². The van der Waals surface area contributed by atoms with Crippen molar-refractivity contribution in [2.24, 2.45) is 0 Å². The molecule has 0 spiro atoms. The first kappa shape index (κ1) is 29.1. The van der Waals surface area contributed by atoms with Gasteiger partial charge in [-0.05, 0) is 6.42 Å². The van der Waals surface area contributed by atoms with E-state index in [2.05, 4.69) is 11.9 Å². The zero-order chi connectivity index (χ0) is 26.3. The largest absolute Gasteiger partial charge is 0.479 e. The van der Waals surface area contributed by atoms with Gasteiger partial charge in [-0.1, -0.05) is 6.08 Å². The number of hydrogen-bond acceptors (Lipinski definition) is 12. The molecule has 4 unspecified atom stereocenters. The summed E-state index contributed by atoms with van der Waals surface area (Å²) in [6.07, 6.45) is -11.7. The summed E-state index contributed by atoms with van der Waals surface area (Å²) in [5, 5.41) is 43.8. The predicted molar refractivity (Wildman–Crippen MR) is 114 cm³/mol. The number of carbonyl (C=O) groups is 3. The number of methoxy groups -OCH3 is 2. The minimum Gasteiger partial charge on any atom is -0.479 e. The summed E-state index contributed by atoms with van der Waals surface area (Å²) < 4.78 is 32.0. The van der Waals surface area contributed by atoms with Crippen LogP contribution in [0.25, 0.3) is 0 Å². The Morgan fingerprint density at radius 1 is 1.00 bits per heavy atom. The third-order valence-corrected chi connectivity index (χ3v) is 5.59. The van der Waals surface area contributed by atoms with Crippen LogP contribution in [0.3, 0.4) is 0 Å². The number of amides is 1. The van der Waals surface area contributed by atoms with Gasteiger partial charge in [0.2, 0.25) is 5.91 Å². The average molecular weight is 507 g/mol. The van der Waals surface area contributed by atoms with E-state index in [0.29, 0.717) is 6.42 Å². The summed E-state index contributed by atoms with van der Waals surface area (Å²) in [4.78, 5) is 35.3. The van der Waals surface area contributed by atoms with Crippen LogP contribution in [0.15, 0.2) is 12.7 Å². The van der Waals surface area contributed by atoms with Crippen LogP contribution < -0.4 is 5.32 Å². The molecule has 2 heterocycles. The Labute approximate surface area is 201 Å². The van der Waals surface area contributed by atoms with Crippen molar-refractivity contribution >= 4 is 17.8 Å². The number of carbonyl (C=O) groups excluding carboxylic acids is 2. The molecular formula is C21H33NO13. The van der Waals surface area contributed by atoms with Crippen molar-refractivity contribution in [2.75, 3.05) is 20.8 Å². The molecule has 0 aromatic carbocycles. The molecule has 2 aliphatic rings. The van der Waals surface area contributed by atoms with Gasteiger partial charge in [0.15, 0.2) is 18.7 Å². The van der Waals surface area contributed by atoms with E-state index in [1.165, 1.54) is 14.0 Å². The molecule has 2 rings (SSSR count). The Morgan fingerprint density at radius 2 is 1.69 bits per heavy atom. The number of aliphatic hydroxyl groups is 3. The van der Waals surface area contributed by atoms with E-state index in [-0.39, 0.29) is 6.42 Å². The fourth-order valence-electron chi connectivity index (χ4n) is 3.84. The molecule has 35 heavy (non-hydrogen) atoms. The van der Waals surface area contributed by atoms with E-state index >= 15 is 0 Å². The summed E-state index contributed by atoms with van der Waals surface area (Å²) in [5.41, 5.74) is 0. The number of rotatable bonds is 11. The lowest BCUT2D eigenvalue weighted by Gasteiger charge is -2.47. The van der Waals surface area contributed by atoms with E-state index in [1.54, 1.807) is 6.08 Å². The lowest BCUT2D eigenvalue weighted by molar-refractivity contribution is -0.340. The SMILES string of the molecule is C=CCCC(=O)OCC1OC(OC)[C@@H](NC(C)=O)[C@@H](OC2OC(C(=O)O)[C@@H](OC)[C@H](O)[C@@H]2O)[C@@H]1O. The van der Waals surface area contributed by atoms with Crippen LogP contribution >= 0.6 is 0 Å². The van der Waals surface area contributed by atoms with Crippen LogP contribution in [0, 0.1) is 0 Å². The summed E-state index contributed by atoms with van der Waals surface area (Å²) in [7, 11) is 2.40. The number of allylic oxidation sites excluding steroid dienone is 1. The molecule has 14 nitrogen and oxygen atoms in total. The Balaban J connectivity index is 2.27. The third kappa shape index (κ3) is 7.17. The van der Waals surface area contributed by atoms with Gasteiger partial charge in [0.1, 0.15) is 49.3 Å². The van der Waals surface area contributed by atoms with Crippen molar-refractivity contribution in [1.82, 2.24) is 5.32 Å². The van der Waals surface area contributed by atoms with Crippen LogP contribution in [-0.4, -0.2) is 120 Å². The van der Waals surface area contributed by atoms with Crippen molar-refractivity contribution in [2.45, 2.75) is 81.1 Å². The molecule has 0 aromatic heterocycles. The quantitative estimate of drug-likeness (QED) is 0.147. The molecule has 0 aromatic rings. The summed E-state index contributed by atoms with van der Waals surface area (Å²) in [6.45, 7) is 4.31. The molecule has 2 fully saturated rings. The van der Waals surface area contributed by atoms with Gasteiger partial charge in [-0.25, -0.2) is 4.79 Å². The second-order valence-corrected chi connectivity index (χ2v) is 8.05. The number of aliphatic carboxylic acids is 1. The maximum atomic E-state index is 11.9. The van der Waals surface area contributed by atoms with E-state index in [0.717, 1.165) is 7.11 Å². The average Bonchev–Trinajstić information content (AvgIpc) is 2.81. The van der Waals surface area contributed by atoms with Gasteiger partial charge in [0.25, 0.3) is 0 Å². The van der Waals surface area contributed by atoms with Crippen LogP contribution in [0.2, 0.25) is 0 Å². The predicted octanol–water partition coefficient (Wildman–Crippen LogP) is -2.34. The monoisotopic (exact) mass is 507 g/mol. The molecular weight excluding hydrogens is 474 g/mol. The molecule has 2 saturated heterocycles. The number of ether oxygens (including phenoxy) is 6. The lowest BCUT2D eigenvalue weighted by atomic mass is 9.95. The van der Waals surface area contributed by atoms with Crippen molar-refractivity contribution in [3.05, 3.63) is 12.7 Å². The van der Waals surface area contributed by atoms with Gasteiger partial charge in [0, 0.05) is 27.6 Å². The standard InChI is InChI=1S/C21H33NO13/c1-5-6-7-11(24)32-8-10-13(25)16(12(22-9(2)23)20(31-4)33-10)34-21-15(27)14(26)17(30-3)18(35-21)19(28)29/h5,10,12-18,20-21,25-27H,1,6-8H2,2-4H3,(H,22,23)(H,28,29)/t10?,12-,13+,14+,15-,16+,17-,18?,20?,21?/m0/s1. The molecule has 200 valence electrons. The fourth-order valence-corrected chi connectivity index (χ4v) is 3.84. The van der Waals surface area contributed by atoms with E-state index in [1.807, 2.05) is 0 Å². The Bertz CT molecular complexity index is 749. The number of nitrogens with one attached hydrogen (secondary N) is 1. The molecule has 10 atom stereocenters. The van der Waals surface area contributed by atoms with Gasteiger partial charge in [-0.3, -0.25) is 9.59 Å². The first-order chi connectivity index (χ1) is 16.5. The number of hydrogen-bond donors (Lipinski definition) is 5. The zero-order valence-electron chi connectivity index (χ0n) is 19.6. The Hall–Kier alpha value is -2.17. The second-order valence-electron chi connectivity index (χ2n) is 8.05. The summed E-state index contributed by atoms with van der Waals surface area (Å²) in [6, 6.07) is -1.16. The van der Waals surface area contributed by atoms with Crippen molar-refractivity contribution in [3.63, 3.8) is 0 Å². The molecule has 0 radical (unpaired) electrons. The van der Waals surface area contributed by atoms with Gasteiger partial charge in [-0.15, -0.1) is 6.58 Å². The van der Waals surface area contributed by atoms with Crippen LogP contribution in [0.4, 0.5) is 0 Å². The second kappa shape index (κ2) is 13.2. The van der Waals surface area contributed by atoms with E-state index < -0.39 is 85.8 Å². The van der Waals surface area contributed by atoms with Crippen LogP contribution in [0.1, 0.15) is 19.8 Å². The molecule has 0 bridgehead atoms. The maximum Gasteiger partial charge on any atom is 0.335 e.